The van der Waals surface area contributed by atoms with Crippen molar-refractivity contribution in [3.05, 3.63) is 35.4 Å². The minimum absolute atomic E-state index is 0.162. The zero-order chi connectivity index (χ0) is 15.9. The van der Waals surface area contributed by atoms with E-state index in [1.165, 1.54) is 18.4 Å². The summed E-state index contributed by atoms with van der Waals surface area (Å²) in [6.45, 7) is 3.61. The van der Waals surface area contributed by atoms with E-state index in [0.29, 0.717) is 19.6 Å². The molecule has 1 amide bonds. The quantitative estimate of drug-likeness (QED) is 0.771. The number of ether oxygens (including phenoxy) is 1. The average molecular weight is 305 g/mol. The van der Waals surface area contributed by atoms with Crippen LogP contribution >= 0.6 is 0 Å². The van der Waals surface area contributed by atoms with E-state index in [1.807, 2.05) is 19.1 Å². The van der Waals surface area contributed by atoms with E-state index in [2.05, 4.69) is 12.1 Å². The molecular weight excluding hydrogens is 278 g/mol. The molecule has 1 saturated carbocycles. The van der Waals surface area contributed by atoms with Crippen molar-refractivity contribution in [2.45, 2.75) is 44.8 Å². The highest BCUT2D eigenvalue weighted by atomic mass is 16.6. The van der Waals surface area contributed by atoms with Gasteiger partial charge in [0.15, 0.2) is 0 Å². The van der Waals surface area contributed by atoms with E-state index < -0.39 is 0 Å². The number of nitrogens with zero attached hydrogens (tertiary/aromatic N) is 1. The Morgan fingerprint density at radius 2 is 1.91 bits per heavy atom. The van der Waals surface area contributed by atoms with Gasteiger partial charge >= 0.3 is 6.09 Å². The average Bonchev–Trinajstić information content (AvgIpc) is 3.38. The SMILES string of the molecule is CCCN(C(=O)OCc1ccc(C2CC2)cc1)C(CN)CN. The fourth-order valence-electron chi connectivity index (χ4n) is 2.55. The molecule has 0 radical (unpaired) electrons. The first-order valence-electron chi connectivity index (χ1n) is 8.12. The van der Waals surface area contributed by atoms with Crippen LogP contribution in [-0.2, 0) is 11.3 Å². The van der Waals surface area contributed by atoms with Crippen LogP contribution in [0, 0.1) is 0 Å². The summed E-state index contributed by atoms with van der Waals surface area (Å²) in [5.41, 5.74) is 13.8. The lowest BCUT2D eigenvalue weighted by Gasteiger charge is -2.29. The second-order valence-electron chi connectivity index (χ2n) is 5.89. The van der Waals surface area contributed by atoms with Gasteiger partial charge in [0.2, 0.25) is 0 Å². The van der Waals surface area contributed by atoms with Crippen LogP contribution in [0.2, 0.25) is 0 Å². The maximum Gasteiger partial charge on any atom is 0.410 e. The standard InChI is InChI=1S/C17H27N3O2/c1-2-9-20(16(10-18)11-19)17(21)22-12-13-3-5-14(6-4-13)15-7-8-15/h3-6,15-16H,2,7-12,18-19H2,1H3. The van der Waals surface area contributed by atoms with Gasteiger partial charge in [-0.25, -0.2) is 4.79 Å². The molecule has 0 unspecified atom stereocenters. The Morgan fingerprint density at radius 3 is 2.41 bits per heavy atom. The largest absolute Gasteiger partial charge is 0.445 e. The summed E-state index contributed by atoms with van der Waals surface area (Å²) in [4.78, 5) is 13.9. The normalized spacial score (nSPS) is 14.2. The topological polar surface area (TPSA) is 81.6 Å². The Bertz CT molecular complexity index is 467. The van der Waals surface area contributed by atoms with Crippen molar-refractivity contribution in [2.24, 2.45) is 11.5 Å². The molecule has 1 aliphatic carbocycles. The monoisotopic (exact) mass is 305 g/mol. The number of carbonyl (C=O) groups excluding carboxylic acids is 1. The first-order valence-corrected chi connectivity index (χ1v) is 8.12. The second-order valence-corrected chi connectivity index (χ2v) is 5.89. The van der Waals surface area contributed by atoms with Crippen LogP contribution in [-0.4, -0.2) is 36.7 Å². The van der Waals surface area contributed by atoms with E-state index in [4.69, 9.17) is 16.2 Å². The molecule has 1 aromatic rings. The zero-order valence-electron chi connectivity index (χ0n) is 13.3. The van der Waals surface area contributed by atoms with Gasteiger partial charge in [-0.1, -0.05) is 31.2 Å². The summed E-state index contributed by atoms with van der Waals surface area (Å²) < 4.78 is 5.42. The first-order chi connectivity index (χ1) is 10.7. The summed E-state index contributed by atoms with van der Waals surface area (Å²) in [5.74, 6) is 0.742. The molecule has 0 spiro atoms. The second kappa shape index (κ2) is 8.15. The van der Waals surface area contributed by atoms with Crippen LogP contribution in [0.25, 0.3) is 0 Å². The van der Waals surface area contributed by atoms with E-state index in [1.54, 1.807) is 4.90 Å². The first kappa shape index (κ1) is 16.8. The van der Waals surface area contributed by atoms with Crippen molar-refractivity contribution in [3.8, 4) is 0 Å². The molecule has 0 aliphatic heterocycles. The number of benzene rings is 1. The van der Waals surface area contributed by atoms with Gasteiger partial charge in [-0.2, -0.15) is 0 Å². The maximum atomic E-state index is 12.2. The summed E-state index contributed by atoms with van der Waals surface area (Å²) in [6, 6.07) is 8.17. The van der Waals surface area contributed by atoms with Gasteiger partial charge in [-0.05, 0) is 36.3 Å². The number of hydrogen-bond acceptors (Lipinski definition) is 4. The molecule has 1 aliphatic rings. The molecule has 5 nitrogen and oxygen atoms in total. The lowest BCUT2D eigenvalue weighted by atomic mass is 10.1. The molecule has 4 N–H and O–H groups in total. The Kier molecular flexibility index (Phi) is 6.21. The lowest BCUT2D eigenvalue weighted by Crippen LogP contribution is -2.49. The van der Waals surface area contributed by atoms with Crippen LogP contribution in [0.15, 0.2) is 24.3 Å². The molecule has 0 atom stereocenters. The van der Waals surface area contributed by atoms with E-state index in [-0.39, 0.29) is 18.7 Å². The third-order valence-electron chi connectivity index (χ3n) is 4.07. The molecule has 1 fully saturated rings. The summed E-state index contributed by atoms with van der Waals surface area (Å²) in [5, 5.41) is 0. The number of hydrogen-bond donors (Lipinski definition) is 2. The number of amides is 1. The summed E-state index contributed by atoms with van der Waals surface area (Å²) >= 11 is 0. The predicted octanol–water partition coefficient (Wildman–Crippen LogP) is 2.20. The van der Waals surface area contributed by atoms with Crippen molar-refractivity contribution in [2.75, 3.05) is 19.6 Å². The van der Waals surface area contributed by atoms with E-state index >= 15 is 0 Å². The van der Waals surface area contributed by atoms with Gasteiger partial charge in [-0.15, -0.1) is 0 Å². The van der Waals surface area contributed by atoms with Gasteiger partial charge in [0.1, 0.15) is 6.61 Å². The van der Waals surface area contributed by atoms with Crippen LogP contribution in [0.3, 0.4) is 0 Å². The minimum atomic E-state index is -0.339. The molecular formula is C17H27N3O2. The Labute approximate surface area is 132 Å². The number of rotatable bonds is 8. The molecule has 0 aromatic heterocycles. The van der Waals surface area contributed by atoms with Crippen LogP contribution in [0.1, 0.15) is 43.2 Å². The summed E-state index contributed by atoms with van der Waals surface area (Å²) in [7, 11) is 0. The summed E-state index contributed by atoms with van der Waals surface area (Å²) in [6.07, 6.45) is 3.09. The Balaban J connectivity index is 1.88. The molecule has 2 rings (SSSR count). The van der Waals surface area contributed by atoms with Crippen molar-refractivity contribution >= 4 is 6.09 Å². The molecule has 0 saturated heterocycles. The van der Waals surface area contributed by atoms with Crippen LogP contribution in [0.5, 0.6) is 0 Å². The Morgan fingerprint density at radius 1 is 1.27 bits per heavy atom. The maximum absolute atomic E-state index is 12.2. The van der Waals surface area contributed by atoms with Crippen molar-refractivity contribution in [1.29, 1.82) is 0 Å². The van der Waals surface area contributed by atoms with Gasteiger partial charge in [-0.3, -0.25) is 0 Å². The third-order valence-corrected chi connectivity index (χ3v) is 4.07. The molecule has 122 valence electrons. The zero-order valence-corrected chi connectivity index (χ0v) is 13.3. The number of carbonyl (C=O) groups is 1. The predicted molar refractivity (Wildman–Crippen MR) is 87.5 cm³/mol. The fraction of sp³-hybridized carbons (Fsp3) is 0.588. The lowest BCUT2D eigenvalue weighted by molar-refractivity contribution is 0.0826. The van der Waals surface area contributed by atoms with Gasteiger partial charge in [0.25, 0.3) is 0 Å². The van der Waals surface area contributed by atoms with Crippen molar-refractivity contribution < 1.29 is 9.53 Å². The van der Waals surface area contributed by atoms with Crippen LogP contribution < -0.4 is 11.5 Å². The highest BCUT2D eigenvalue weighted by Crippen LogP contribution is 2.39. The molecule has 1 aromatic carbocycles. The molecule has 0 heterocycles. The minimum Gasteiger partial charge on any atom is -0.445 e. The van der Waals surface area contributed by atoms with Gasteiger partial charge in [0, 0.05) is 19.6 Å². The van der Waals surface area contributed by atoms with Crippen molar-refractivity contribution in [3.63, 3.8) is 0 Å². The highest BCUT2D eigenvalue weighted by molar-refractivity contribution is 5.68. The highest BCUT2D eigenvalue weighted by Gasteiger charge is 2.24. The Hall–Kier alpha value is -1.59. The van der Waals surface area contributed by atoms with E-state index in [9.17, 15) is 4.79 Å². The molecule has 5 heteroatoms. The van der Waals surface area contributed by atoms with E-state index in [0.717, 1.165) is 17.9 Å². The molecule has 0 bridgehead atoms. The molecule has 22 heavy (non-hydrogen) atoms. The van der Waals surface area contributed by atoms with Crippen molar-refractivity contribution in [1.82, 2.24) is 4.90 Å². The van der Waals surface area contributed by atoms with Gasteiger partial charge in [0.05, 0.1) is 6.04 Å². The smallest absolute Gasteiger partial charge is 0.410 e. The third kappa shape index (κ3) is 4.45. The van der Waals surface area contributed by atoms with Crippen LogP contribution in [0.4, 0.5) is 4.79 Å². The fourth-order valence-corrected chi connectivity index (χ4v) is 2.55. The van der Waals surface area contributed by atoms with Gasteiger partial charge < -0.3 is 21.1 Å². The number of nitrogens with two attached hydrogens (primary N) is 2.